The average Bonchev–Trinajstić information content (AvgIpc) is 2.97. The molecule has 5 nitrogen and oxygen atoms in total. The molecule has 0 aliphatic carbocycles. The smallest absolute Gasteiger partial charge is 0.270 e. The van der Waals surface area contributed by atoms with E-state index < -0.39 is 6.17 Å². The van der Waals surface area contributed by atoms with Gasteiger partial charge in [-0.15, -0.1) is 0 Å². The van der Waals surface area contributed by atoms with E-state index in [1.807, 2.05) is 22.8 Å². The number of nitrogens with zero attached hydrogens (tertiary/aromatic N) is 2. The Balaban J connectivity index is 2.00. The van der Waals surface area contributed by atoms with E-state index in [-0.39, 0.29) is 11.7 Å². The maximum atomic E-state index is 13.4. The van der Waals surface area contributed by atoms with Crippen LogP contribution in [0, 0.1) is 11.3 Å². The molecule has 1 fully saturated rings. The van der Waals surface area contributed by atoms with Crippen LogP contribution in [0.4, 0.5) is 4.39 Å². The Labute approximate surface area is 153 Å². The molecule has 3 rings (SSSR count). The third-order valence-electron chi connectivity index (χ3n) is 5.08. The number of benzene rings is 1. The first-order chi connectivity index (χ1) is 12.4. The molecular formula is C20H27FN4O. The summed E-state index contributed by atoms with van der Waals surface area (Å²) in [5.74, 6) is 0.483. The summed E-state index contributed by atoms with van der Waals surface area (Å²) in [4.78, 5) is 14.8. The van der Waals surface area contributed by atoms with Crippen LogP contribution < -0.4 is 5.73 Å². The van der Waals surface area contributed by atoms with Gasteiger partial charge in [0, 0.05) is 36.1 Å². The van der Waals surface area contributed by atoms with Crippen LogP contribution >= 0.6 is 0 Å². The van der Waals surface area contributed by atoms with Gasteiger partial charge in [-0.3, -0.25) is 10.2 Å². The molecule has 1 aromatic heterocycles. The second-order valence-electron chi connectivity index (χ2n) is 7.52. The van der Waals surface area contributed by atoms with Crippen molar-refractivity contribution in [2.45, 2.75) is 45.8 Å². The minimum Gasteiger partial charge on any atom is -0.384 e. The number of aromatic nitrogens is 1. The summed E-state index contributed by atoms with van der Waals surface area (Å²) in [6.07, 6.45) is 0.962. The molecule has 0 atom stereocenters. The Bertz CT molecular complexity index is 819. The Morgan fingerprint density at radius 3 is 2.62 bits per heavy atom. The molecule has 0 saturated carbocycles. The summed E-state index contributed by atoms with van der Waals surface area (Å²) in [6.45, 7) is 5.96. The molecule has 2 heterocycles. The fraction of sp³-hybridized carbons (Fsp3) is 0.500. The molecule has 140 valence electrons. The van der Waals surface area contributed by atoms with Crippen molar-refractivity contribution in [1.82, 2.24) is 9.47 Å². The zero-order chi connectivity index (χ0) is 18.8. The molecule has 1 aliphatic heterocycles. The lowest BCUT2D eigenvalue weighted by Crippen LogP contribution is -2.39. The Hall–Kier alpha value is -2.37. The summed E-state index contributed by atoms with van der Waals surface area (Å²) >= 11 is 0. The van der Waals surface area contributed by atoms with Crippen LogP contribution in [0.2, 0.25) is 0 Å². The van der Waals surface area contributed by atoms with Gasteiger partial charge in [-0.1, -0.05) is 26.0 Å². The Morgan fingerprint density at radius 2 is 2.00 bits per heavy atom. The molecule has 0 radical (unpaired) electrons. The number of nitrogens with two attached hydrogens (primary N) is 1. The first-order valence-electron chi connectivity index (χ1n) is 9.28. The molecule has 0 bridgehead atoms. The Morgan fingerprint density at radius 1 is 1.31 bits per heavy atom. The number of amides is 1. The zero-order valence-corrected chi connectivity index (χ0v) is 15.5. The van der Waals surface area contributed by atoms with Crippen LogP contribution in [0.25, 0.3) is 10.9 Å². The second kappa shape index (κ2) is 7.48. The fourth-order valence-corrected chi connectivity index (χ4v) is 3.44. The monoisotopic (exact) mass is 358 g/mol. The number of halogens is 1. The molecule has 1 amide bonds. The van der Waals surface area contributed by atoms with Gasteiger partial charge in [-0.2, -0.15) is 0 Å². The molecule has 26 heavy (non-hydrogen) atoms. The lowest BCUT2D eigenvalue weighted by molar-refractivity contribution is 0.0656. The van der Waals surface area contributed by atoms with E-state index in [1.165, 1.54) is 0 Å². The van der Waals surface area contributed by atoms with Gasteiger partial charge in [0.2, 0.25) is 0 Å². The predicted molar refractivity (Wildman–Crippen MR) is 102 cm³/mol. The zero-order valence-electron chi connectivity index (χ0n) is 15.5. The molecule has 1 aliphatic rings. The number of carbonyl (C=O) groups excluding carboxylic acids is 1. The van der Waals surface area contributed by atoms with E-state index in [2.05, 4.69) is 13.8 Å². The van der Waals surface area contributed by atoms with E-state index in [4.69, 9.17) is 11.1 Å². The van der Waals surface area contributed by atoms with Crippen LogP contribution in [-0.2, 0) is 6.54 Å². The van der Waals surface area contributed by atoms with Gasteiger partial charge >= 0.3 is 0 Å². The van der Waals surface area contributed by atoms with Crippen LogP contribution in [0.3, 0.4) is 0 Å². The van der Waals surface area contributed by atoms with Crippen LogP contribution in [0.15, 0.2) is 24.3 Å². The first-order valence-corrected chi connectivity index (χ1v) is 9.28. The number of likely N-dealkylation sites (tertiary alicyclic amines) is 1. The van der Waals surface area contributed by atoms with Crippen molar-refractivity contribution in [3.63, 3.8) is 0 Å². The van der Waals surface area contributed by atoms with Crippen molar-refractivity contribution in [3.05, 3.63) is 35.5 Å². The lowest BCUT2D eigenvalue weighted by Gasteiger charge is -2.29. The predicted octanol–water partition coefficient (Wildman–Crippen LogP) is 3.55. The number of hydrogen-bond acceptors (Lipinski definition) is 2. The normalized spacial score (nSPS) is 15.8. The molecule has 0 unspecified atom stereocenters. The van der Waals surface area contributed by atoms with Crippen LogP contribution in [0.1, 0.15) is 49.2 Å². The molecule has 3 N–H and O–H groups in total. The van der Waals surface area contributed by atoms with E-state index in [0.29, 0.717) is 43.1 Å². The van der Waals surface area contributed by atoms with Crippen LogP contribution in [-0.4, -0.2) is 40.5 Å². The first kappa shape index (κ1) is 18.4. The second-order valence-corrected chi connectivity index (χ2v) is 7.52. The minimum absolute atomic E-state index is 0.0152. The van der Waals surface area contributed by atoms with Gasteiger partial charge in [0.25, 0.3) is 5.91 Å². The fourth-order valence-electron chi connectivity index (χ4n) is 3.44. The standard InChI is InChI=1S/C20H27FN4O/c1-13(2)5-10-25-17-12-15(19(22)23)4-3-14(17)11-18(25)20(26)24-8-6-16(21)7-9-24/h3-4,11-13,16H,5-10H2,1-2H3,(H3,22,23). The minimum atomic E-state index is -0.802. The number of fused-ring (bicyclic) bond motifs is 1. The lowest BCUT2D eigenvalue weighted by atomic mass is 10.1. The summed E-state index contributed by atoms with van der Waals surface area (Å²) in [6, 6.07) is 7.49. The van der Waals surface area contributed by atoms with Crippen molar-refractivity contribution in [2.24, 2.45) is 11.7 Å². The number of rotatable bonds is 5. The number of piperidine rings is 1. The number of amidine groups is 1. The summed E-state index contributed by atoms with van der Waals surface area (Å²) in [5, 5.41) is 8.64. The summed E-state index contributed by atoms with van der Waals surface area (Å²) in [7, 11) is 0. The van der Waals surface area contributed by atoms with E-state index in [1.54, 1.807) is 11.0 Å². The third kappa shape index (κ3) is 3.74. The third-order valence-corrected chi connectivity index (χ3v) is 5.08. The Kier molecular flexibility index (Phi) is 5.30. The van der Waals surface area contributed by atoms with Gasteiger partial charge in [-0.05, 0) is 37.3 Å². The quantitative estimate of drug-likeness (QED) is 0.633. The highest BCUT2D eigenvalue weighted by molar-refractivity contribution is 6.02. The van der Waals surface area contributed by atoms with Crippen molar-refractivity contribution in [1.29, 1.82) is 5.41 Å². The van der Waals surface area contributed by atoms with Gasteiger partial charge in [0.05, 0.1) is 0 Å². The molecule has 6 heteroatoms. The highest BCUT2D eigenvalue weighted by Crippen LogP contribution is 2.25. The van der Waals surface area contributed by atoms with Crippen molar-refractivity contribution in [3.8, 4) is 0 Å². The van der Waals surface area contributed by atoms with E-state index in [9.17, 15) is 9.18 Å². The van der Waals surface area contributed by atoms with Gasteiger partial charge in [0.1, 0.15) is 17.7 Å². The average molecular weight is 358 g/mol. The highest BCUT2D eigenvalue weighted by atomic mass is 19.1. The van der Waals surface area contributed by atoms with E-state index >= 15 is 0 Å². The van der Waals surface area contributed by atoms with Crippen molar-refractivity contribution < 1.29 is 9.18 Å². The maximum Gasteiger partial charge on any atom is 0.270 e. The maximum absolute atomic E-state index is 13.4. The number of carbonyl (C=O) groups is 1. The van der Waals surface area contributed by atoms with Gasteiger partial charge in [0.15, 0.2) is 0 Å². The molecule has 0 spiro atoms. The van der Waals surface area contributed by atoms with Gasteiger partial charge in [-0.25, -0.2) is 4.39 Å². The number of nitrogen functional groups attached to an aromatic ring is 1. The van der Waals surface area contributed by atoms with Crippen molar-refractivity contribution >= 4 is 22.6 Å². The molecule has 1 saturated heterocycles. The SMILES string of the molecule is CC(C)CCn1c(C(=O)N2CCC(F)CC2)cc2ccc(C(=N)N)cc21. The summed E-state index contributed by atoms with van der Waals surface area (Å²) < 4.78 is 15.5. The number of aryl methyl sites for hydroxylation is 1. The topological polar surface area (TPSA) is 75.1 Å². The van der Waals surface area contributed by atoms with Gasteiger partial charge < -0.3 is 15.2 Å². The molecular weight excluding hydrogens is 331 g/mol. The highest BCUT2D eigenvalue weighted by Gasteiger charge is 2.26. The summed E-state index contributed by atoms with van der Waals surface area (Å²) in [5.41, 5.74) is 7.84. The van der Waals surface area contributed by atoms with Crippen molar-refractivity contribution in [2.75, 3.05) is 13.1 Å². The number of hydrogen-bond donors (Lipinski definition) is 2. The largest absolute Gasteiger partial charge is 0.384 e. The number of nitrogens with one attached hydrogen (secondary N) is 1. The number of alkyl halides is 1. The molecule has 2 aromatic rings. The van der Waals surface area contributed by atoms with Crippen LogP contribution in [0.5, 0.6) is 0 Å². The molecule has 1 aromatic carbocycles. The van der Waals surface area contributed by atoms with E-state index in [0.717, 1.165) is 23.9 Å².